The lowest BCUT2D eigenvalue weighted by Gasteiger charge is -2.12. The molecule has 2 aromatic carbocycles. The molecule has 6 heteroatoms. The van der Waals surface area contributed by atoms with Crippen molar-refractivity contribution < 1.29 is 14.3 Å². The minimum absolute atomic E-state index is 0.224. The Morgan fingerprint density at radius 3 is 2.82 bits per heavy atom. The van der Waals surface area contributed by atoms with Gasteiger partial charge in [-0.3, -0.25) is 4.79 Å². The first-order valence-electron chi connectivity index (χ1n) is 6.71. The lowest BCUT2D eigenvalue weighted by molar-refractivity contribution is 0.0801. The summed E-state index contributed by atoms with van der Waals surface area (Å²) < 4.78 is 10.5. The van der Waals surface area contributed by atoms with Crippen molar-refractivity contribution in [3.8, 4) is 11.5 Å². The molecule has 3 rings (SSSR count). The molecule has 1 amide bonds. The number of rotatable bonds is 3. The smallest absolute Gasteiger partial charge is 0.275 e. The molecule has 0 spiro atoms. The van der Waals surface area contributed by atoms with E-state index in [1.165, 1.54) is 5.01 Å². The molecule has 1 heterocycles. The van der Waals surface area contributed by atoms with Crippen LogP contribution in [0.25, 0.3) is 0 Å². The summed E-state index contributed by atoms with van der Waals surface area (Å²) in [5.41, 5.74) is 7.46. The molecule has 6 nitrogen and oxygen atoms in total. The van der Waals surface area contributed by atoms with Crippen LogP contribution in [-0.4, -0.2) is 31.0 Å². The molecular weight excluding hydrogens is 282 g/mol. The first-order chi connectivity index (χ1) is 10.6. The maximum absolute atomic E-state index is 12.3. The van der Waals surface area contributed by atoms with Crippen LogP contribution >= 0.6 is 0 Å². The maximum atomic E-state index is 12.3. The Morgan fingerprint density at radius 1 is 1.23 bits per heavy atom. The Balaban J connectivity index is 1.75. The topological polar surface area (TPSA) is 77.2 Å². The Kier molecular flexibility index (Phi) is 3.65. The summed E-state index contributed by atoms with van der Waals surface area (Å²) in [4.78, 5) is 12.3. The zero-order valence-electron chi connectivity index (χ0n) is 12.0. The highest BCUT2D eigenvalue weighted by molar-refractivity contribution is 5.99. The van der Waals surface area contributed by atoms with Crippen molar-refractivity contribution in [2.75, 3.05) is 19.6 Å². The van der Waals surface area contributed by atoms with Gasteiger partial charge >= 0.3 is 0 Å². The van der Waals surface area contributed by atoms with Crippen molar-refractivity contribution >= 4 is 17.8 Å². The maximum Gasteiger partial charge on any atom is 0.275 e. The molecule has 0 bridgehead atoms. The molecule has 0 aromatic heterocycles. The van der Waals surface area contributed by atoms with Crippen LogP contribution in [0.1, 0.15) is 15.9 Å². The number of nitrogens with two attached hydrogens (primary N) is 1. The Morgan fingerprint density at radius 2 is 2.00 bits per heavy atom. The minimum Gasteiger partial charge on any atom is -0.454 e. The molecule has 0 unspecified atom stereocenters. The Bertz CT molecular complexity index is 743. The van der Waals surface area contributed by atoms with Gasteiger partial charge in [-0.05, 0) is 35.9 Å². The number of hydrogen-bond donors (Lipinski definition) is 1. The predicted octanol–water partition coefficient (Wildman–Crippen LogP) is 2.10. The van der Waals surface area contributed by atoms with Crippen molar-refractivity contribution in [3.05, 3.63) is 53.6 Å². The Hall–Kier alpha value is -3.02. The van der Waals surface area contributed by atoms with Crippen LogP contribution in [0.5, 0.6) is 11.5 Å². The van der Waals surface area contributed by atoms with E-state index in [-0.39, 0.29) is 12.7 Å². The minimum atomic E-state index is -0.268. The third kappa shape index (κ3) is 2.71. The molecule has 0 saturated heterocycles. The van der Waals surface area contributed by atoms with Gasteiger partial charge in [0.05, 0.1) is 11.8 Å². The van der Waals surface area contributed by atoms with Crippen LogP contribution in [-0.2, 0) is 0 Å². The fourth-order valence-corrected chi connectivity index (χ4v) is 2.07. The van der Waals surface area contributed by atoms with E-state index < -0.39 is 0 Å². The van der Waals surface area contributed by atoms with E-state index >= 15 is 0 Å². The van der Waals surface area contributed by atoms with Crippen molar-refractivity contribution in [2.24, 2.45) is 5.10 Å². The number of amides is 1. The highest BCUT2D eigenvalue weighted by Gasteiger charge is 2.14. The van der Waals surface area contributed by atoms with Gasteiger partial charge in [-0.25, -0.2) is 5.01 Å². The molecule has 112 valence electrons. The number of ether oxygens (including phenoxy) is 2. The van der Waals surface area contributed by atoms with Crippen LogP contribution in [0, 0.1) is 0 Å². The molecule has 0 radical (unpaired) electrons. The SMILES string of the molecule is CN(/N=C\c1ccc2c(c1)OCO2)C(=O)c1ccccc1N. The van der Waals surface area contributed by atoms with Crippen LogP contribution in [0.15, 0.2) is 47.6 Å². The summed E-state index contributed by atoms with van der Waals surface area (Å²) in [7, 11) is 1.58. The van der Waals surface area contributed by atoms with E-state index in [1.54, 1.807) is 49.7 Å². The Labute approximate surface area is 127 Å². The van der Waals surface area contributed by atoms with Crippen molar-refractivity contribution in [2.45, 2.75) is 0 Å². The lowest BCUT2D eigenvalue weighted by atomic mass is 10.1. The summed E-state index contributed by atoms with van der Waals surface area (Å²) in [6, 6.07) is 12.3. The molecule has 0 aliphatic carbocycles. The molecule has 2 N–H and O–H groups in total. The summed E-state index contributed by atoms with van der Waals surface area (Å²) in [6.07, 6.45) is 1.58. The number of benzene rings is 2. The van der Waals surface area contributed by atoms with Gasteiger partial charge in [0, 0.05) is 12.7 Å². The summed E-state index contributed by atoms with van der Waals surface area (Å²) in [5.74, 6) is 1.11. The van der Waals surface area contributed by atoms with Gasteiger partial charge in [0.2, 0.25) is 6.79 Å². The largest absolute Gasteiger partial charge is 0.454 e. The lowest BCUT2D eigenvalue weighted by Crippen LogP contribution is -2.22. The fourth-order valence-electron chi connectivity index (χ4n) is 2.07. The number of carbonyl (C=O) groups is 1. The molecule has 22 heavy (non-hydrogen) atoms. The summed E-state index contributed by atoms with van der Waals surface area (Å²) in [6.45, 7) is 0.224. The number of hydrogen-bond acceptors (Lipinski definition) is 5. The van der Waals surface area contributed by atoms with Gasteiger partial charge in [-0.15, -0.1) is 0 Å². The first kappa shape index (κ1) is 13.9. The molecule has 0 fully saturated rings. The number of nitrogen functional groups attached to an aromatic ring is 1. The number of hydrazone groups is 1. The number of carbonyl (C=O) groups excluding carboxylic acids is 1. The van der Waals surface area contributed by atoms with Crippen molar-refractivity contribution in [1.29, 1.82) is 0 Å². The van der Waals surface area contributed by atoms with Gasteiger partial charge in [-0.2, -0.15) is 5.10 Å². The average molecular weight is 297 g/mol. The second kappa shape index (κ2) is 5.77. The highest BCUT2D eigenvalue weighted by Crippen LogP contribution is 2.32. The zero-order chi connectivity index (χ0) is 15.5. The van der Waals surface area contributed by atoms with Crippen molar-refractivity contribution in [3.63, 3.8) is 0 Å². The summed E-state index contributed by atoms with van der Waals surface area (Å²) in [5, 5.41) is 5.39. The van der Waals surface area contributed by atoms with Gasteiger partial charge in [0.25, 0.3) is 5.91 Å². The second-order valence-corrected chi connectivity index (χ2v) is 4.77. The van der Waals surface area contributed by atoms with Crippen LogP contribution in [0.2, 0.25) is 0 Å². The number of nitrogens with zero attached hydrogens (tertiary/aromatic N) is 2. The number of anilines is 1. The highest BCUT2D eigenvalue weighted by atomic mass is 16.7. The van der Waals surface area contributed by atoms with Crippen LogP contribution < -0.4 is 15.2 Å². The molecule has 1 aliphatic rings. The standard InChI is InChI=1S/C16H15N3O3/c1-19(16(20)12-4-2-3-5-13(12)17)18-9-11-6-7-14-15(8-11)22-10-21-14/h2-9H,10,17H2,1H3/b18-9-. The fraction of sp³-hybridized carbons (Fsp3) is 0.125. The molecule has 2 aromatic rings. The number of fused-ring (bicyclic) bond motifs is 1. The summed E-state index contributed by atoms with van der Waals surface area (Å²) >= 11 is 0. The van der Waals surface area contributed by atoms with Gasteiger partial charge < -0.3 is 15.2 Å². The normalized spacial score (nSPS) is 12.6. The van der Waals surface area contributed by atoms with E-state index in [1.807, 2.05) is 6.07 Å². The van der Waals surface area contributed by atoms with Crippen LogP contribution in [0.3, 0.4) is 0 Å². The third-order valence-corrected chi connectivity index (χ3v) is 3.26. The molecule has 1 aliphatic heterocycles. The molecular formula is C16H15N3O3. The van der Waals surface area contributed by atoms with Gasteiger partial charge in [-0.1, -0.05) is 12.1 Å². The van der Waals surface area contributed by atoms with Crippen LogP contribution in [0.4, 0.5) is 5.69 Å². The van der Waals surface area contributed by atoms with E-state index in [2.05, 4.69) is 5.10 Å². The van der Waals surface area contributed by atoms with E-state index in [0.717, 1.165) is 5.56 Å². The number of para-hydroxylation sites is 1. The molecule has 0 atom stereocenters. The van der Waals surface area contributed by atoms with E-state index in [9.17, 15) is 4.79 Å². The first-order valence-corrected chi connectivity index (χ1v) is 6.71. The van der Waals surface area contributed by atoms with Crippen molar-refractivity contribution in [1.82, 2.24) is 5.01 Å². The predicted molar refractivity (Wildman–Crippen MR) is 83.1 cm³/mol. The van der Waals surface area contributed by atoms with E-state index in [4.69, 9.17) is 15.2 Å². The molecule has 0 saturated carbocycles. The third-order valence-electron chi connectivity index (χ3n) is 3.26. The monoisotopic (exact) mass is 297 g/mol. The van der Waals surface area contributed by atoms with Gasteiger partial charge in [0.1, 0.15) is 0 Å². The van der Waals surface area contributed by atoms with E-state index in [0.29, 0.717) is 22.7 Å². The average Bonchev–Trinajstić information content (AvgIpc) is 3.00. The quantitative estimate of drug-likeness (QED) is 0.534. The zero-order valence-corrected chi connectivity index (χ0v) is 12.0. The second-order valence-electron chi connectivity index (χ2n) is 4.77. The van der Waals surface area contributed by atoms with Gasteiger partial charge in [0.15, 0.2) is 11.5 Å².